The summed E-state index contributed by atoms with van der Waals surface area (Å²) in [5.74, 6) is 0.384. The van der Waals surface area contributed by atoms with Crippen molar-refractivity contribution in [2.75, 3.05) is 18.6 Å². The van der Waals surface area contributed by atoms with Crippen molar-refractivity contribution in [3.05, 3.63) is 24.3 Å². The van der Waals surface area contributed by atoms with Crippen LogP contribution in [0.25, 0.3) is 0 Å². The highest BCUT2D eigenvalue weighted by Gasteiger charge is 2.35. The van der Waals surface area contributed by atoms with Crippen LogP contribution in [0.3, 0.4) is 0 Å². The molecular formula is C15H21FN2O2. The molecule has 1 aromatic carbocycles. The Bertz CT molecular complexity index is 459. The molecule has 20 heavy (non-hydrogen) atoms. The van der Waals surface area contributed by atoms with Crippen molar-refractivity contribution < 1.29 is 13.9 Å². The molecule has 5 heteroatoms. The summed E-state index contributed by atoms with van der Waals surface area (Å²) < 4.78 is 17.3. The molecule has 0 saturated heterocycles. The zero-order chi connectivity index (χ0) is 14.4. The zero-order valence-electron chi connectivity index (χ0n) is 11.5. The average Bonchev–Trinajstić information content (AvgIpc) is 2.46. The van der Waals surface area contributed by atoms with Gasteiger partial charge in [-0.05, 0) is 25.0 Å². The number of benzene rings is 1. The third kappa shape index (κ3) is 3.70. The van der Waals surface area contributed by atoms with E-state index in [4.69, 9.17) is 10.5 Å². The lowest BCUT2D eigenvalue weighted by Gasteiger charge is -2.31. The first-order chi connectivity index (χ1) is 9.64. The second-order valence-electron chi connectivity index (χ2n) is 5.24. The molecule has 1 aromatic rings. The van der Waals surface area contributed by atoms with Gasteiger partial charge in [0.15, 0.2) is 0 Å². The first-order valence-corrected chi connectivity index (χ1v) is 7.03. The minimum absolute atomic E-state index is 0.0121. The molecular weight excluding hydrogens is 259 g/mol. The number of anilines is 1. The van der Waals surface area contributed by atoms with Crippen LogP contribution >= 0.6 is 0 Å². The highest BCUT2D eigenvalue weighted by Crippen LogP contribution is 2.27. The Balaban J connectivity index is 2.00. The van der Waals surface area contributed by atoms with Crippen LogP contribution in [-0.4, -0.2) is 24.7 Å². The van der Waals surface area contributed by atoms with E-state index in [1.54, 1.807) is 24.3 Å². The van der Waals surface area contributed by atoms with Crippen molar-refractivity contribution in [1.29, 1.82) is 0 Å². The van der Waals surface area contributed by atoms with Gasteiger partial charge in [-0.25, -0.2) is 4.39 Å². The van der Waals surface area contributed by atoms with E-state index in [1.165, 1.54) is 0 Å². The maximum atomic E-state index is 12.3. The van der Waals surface area contributed by atoms with Crippen LogP contribution in [-0.2, 0) is 4.79 Å². The zero-order valence-corrected chi connectivity index (χ0v) is 11.5. The topological polar surface area (TPSA) is 64.4 Å². The Morgan fingerprint density at radius 1 is 1.35 bits per heavy atom. The van der Waals surface area contributed by atoms with Gasteiger partial charge in [0, 0.05) is 11.8 Å². The third-order valence-electron chi connectivity index (χ3n) is 3.64. The van der Waals surface area contributed by atoms with Crippen LogP contribution in [0.2, 0.25) is 0 Å². The van der Waals surface area contributed by atoms with E-state index < -0.39 is 12.2 Å². The second-order valence-corrected chi connectivity index (χ2v) is 5.24. The predicted octanol–water partition coefficient (Wildman–Crippen LogP) is 2.64. The van der Waals surface area contributed by atoms with E-state index >= 15 is 0 Å². The van der Waals surface area contributed by atoms with Crippen LogP contribution in [0, 0.1) is 0 Å². The number of hydrogen-bond donors (Lipinski definition) is 2. The molecule has 3 N–H and O–H groups in total. The lowest BCUT2D eigenvalue weighted by molar-refractivity contribution is -0.122. The minimum atomic E-state index is -0.770. The summed E-state index contributed by atoms with van der Waals surface area (Å²) in [6.45, 7) is -0.527. The number of hydrogen-bond acceptors (Lipinski definition) is 3. The van der Waals surface area contributed by atoms with Crippen LogP contribution in [0.5, 0.6) is 5.75 Å². The number of carbonyl (C=O) groups is 1. The van der Waals surface area contributed by atoms with Crippen molar-refractivity contribution in [3.63, 3.8) is 0 Å². The fourth-order valence-electron chi connectivity index (χ4n) is 2.49. The summed E-state index contributed by atoms with van der Waals surface area (Å²) in [7, 11) is 0. The summed E-state index contributed by atoms with van der Waals surface area (Å²) in [5.41, 5.74) is 6.03. The summed E-state index contributed by atoms with van der Waals surface area (Å²) in [6.07, 6.45) is 4.56. The quantitative estimate of drug-likeness (QED) is 0.871. The van der Waals surface area contributed by atoms with Crippen LogP contribution in [0.1, 0.15) is 32.1 Å². The van der Waals surface area contributed by atoms with Gasteiger partial charge in [0.1, 0.15) is 19.0 Å². The van der Waals surface area contributed by atoms with Gasteiger partial charge >= 0.3 is 0 Å². The van der Waals surface area contributed by atoms with Crippen LogP contribution in [0.4, 0.5) is 10.1 Å². The number of rotatable bonds is 5. The molecule has 0 atom stereocenters. The highest BCUT2D eigenvalue weighted by molar-refractivity contribution is 5.98. The van der Waals surface area contributed by atoms with E-state index in [9.17, 15) is 9.18 Å². The summed E-state index contributed by atoms with van der Waals surface area (Å²) in [5, 5.41) is 2.83. The molecule has 110 valence electrons. The van der Waals surface area contributed by atoms with E-state index in [-0.39, 0.29) is 12.5 Å². The van der Waals surface area contributed by atoms with Gasteiger partial charge in [0.2, 0.25) is 5.91 Å². The van der Waals surface area contributed by atoms with Crippen molar-refractivity contribution in [2.24, 2.45) is 5.73 Å². The van der Waals surface area contributed by atoms with Crippen molar-refractivity contribution in [2.45, 2.75) is 37.6 Å². The maximum Gasteiger partial charge on any atom is 0.244 e. The molecule has 0 aliphatic heterocycles. The minimum Gasteiger partial charge on any atom is -0.491 e. The predicted molar refractivity (Wildman–Crippen MR) is 76.5 cm³/mol. The first-order valence-electron chi connectivity index (χ1n) is 7.03. The smallest absolute Gasteiger partial charge is 0.244 e. The molecule has 0 spiro atoms. The van der Waals surface area contributed by atoms with Crippen molar-refractivity contribution in [1.82, 2.24) is 0 Å². The molecule has 0 aromatic heterocycles. The number of ether oxygens (including phenoxy) is 1. The van der Waals surface area contributed by atoms with Crippen molar-refractivity contribution >= 4 is 11.6 Å². The van der Waals surface area contributed by atoms with E-state index in [2.05, 4.69) is 5.32 Å². The fourth-order valence-corrected chi connectivity index (χ4v) is 2.49. The van der Waals surface area contributed by atoms with Gasteiger partial charge in [-0.3, -0.25) is 4.79 Å². The Morgan fingerprint density at radius 3 is 2.80 bits per heavy atom. The van der Waals surface area contributed by atoms with Gasteiger partial charge in [0.05, 0.1) is 5.54 Å². The molecule has 0 bridgehead atoms. The Kier molecular flexibility index (Phi) is 4.95. The number of carbonyl (C=O) groups excluding carboxylic acids is 1. The summed E-state index contributed by atoms with van der Waals surface area (Å²) >= 11 is 0. The number of halogens is 1. The number of amides is 1. The van der Waals surface area contributed by atoms with Gasteiger partial charge in [-0.15, -0.1) is 0 Å². The van der Waals surface area contributed by atoms with Crippen LogP contribution < -0.4 is 15.8 Å². The van der Waals surface area contributed by atoms with E-state index in [0.717, 1.165) is 32.1 Å². The summed E-state index contributed by atoms with van der Waals surface area (Å²) in [6, 6.07) is 6.93. The van der Waals surface area contributed by atoms with Gasteiger partial charge < -0.3 is 15.8 Å². The molecule has 2 rings (SSSR count). The average molecular weight is 280 g/mol. The number of nitrogens with two attached hydrogens (primary N) is 1. The monoisotopic (exact) mass is 280 g/mol. The van der Waals surface area contributed by atoms with E-state index in [1.807, 2.05) is 0 Å². The fraction of sp³-hybridized carbons (Fsp3) is 0.533. The molecule has 1 amide bonds. The Hall–Kier alpha value is -1.62. The Morgan fingerprint density at radius 2 is 2.10 bits per heavy atom. The normalized spacial score (nSPS) is 17.5. The molecule has 0 radical (unpaired) electrons. The molecule has 1 saturated carbocycles. The second kappa shape index (κ2) is 6.70. The lowest BCUT2D eigenvalue weighted by atomic mass is 9.82. The maximum absolute atomic E-state index is 12.3. The van der Waals surface area contributed by atoms with Gasteiger partial charge in [-0.1, -0.05) is 25.3 Å². The third-order valence-corrected chi connectivity index (χ3v) is 3.64. The molecule has 1 aliphatic rings. The Labute approximate surface area is 118 Å². The van der Waals surface area contributed by atoms with Crippen molar-refractivity contribution in [3.8, 4) is 5.75 Å². The molecule has 1 aliphatic carbocycles. The molecule has 0 heterocycles. The summed E-state index contributed by atoms with van der Waals surface area (Å²) in [4.78, 5) is 12.3. The molecule has 1 fully saturated rings. The van der Waals surface area contributed by atoms with Gasteiger partial charge in [0.25, 0.3) is 0 Å². The highest BCUT2D eigenvalue weighted by atomic mass is 19.1. The SMILES string of the molecule is NC1(C(=O)Nc2cccc(OCCF)c2)CCCCC1. The van der Waals surface area contributed by atoms with Crippen LogP contribution in [0.15, 0.2) is 24.3 Å². The first kappa shape index (κ1) is 14.8. The largest absolute Gasteiger partial charge is 0.491 e. The standard InChI is InChI=1S/C15H21FN2O2/c16-9-10-20-13-6-4-5-12(11-13)18-14(19)15(17)7-2-1-3-8-15/h4-6,11H,1-3,7-10,17H2,(H,18,19). The molecule has 0 unspecified atom stereocenters. The van der Waals surface area contributed by atoms with Gasteiger partial charge in [-0.2, -0.15) is 0 Å². The van der Waals surface area contributed by atoms with E-state index in [0.29, 0.717) is 11.4 Å². The lowest BCUT2D eigenvalue weighted by Crippen LogP contribution is -2.52. The number of alkyl halides is 1. The molecule has 4 nitrogen and oxygen atoms in total. The number of nitrogens with one attached hydrogen (secondary N) is 1.